The highest BCUT2D eigenvalue weighted by molar-refractivity contribution is 5.88. The first kappa shape index (κ1) is 19.8. The number of carbonyl (C=O) groups excluding carboxylic acids is 3. The van der Waals surface area contributed by atoms with E-state index in [-0.39, 0.29) is 11.9 Å². The number of rotatable bonds is 3. The predicted octanol–water partition coefficient (Wildman–Crippen LogP) is 3.12. The lowest BCUT2D eigenvalue weighted by Gasteiger charge is -2.30. The molecule has 26 heavy (non-hydrogen) atoms. The molecule has 1 saturated heterocycles. The summed E-state index contributed by atoms with van der Waals surface area (Å²) in [6.45, 7) is 7.21. The Labute approximate surface area is 153 Å². The SMILES string of the molecule is COC(=O)[C@H]1CCN(C(=O)OC(C)(C)C)[C@H]1c1cccc(NC(C)=O)c1. The van der Waals surface area contributed by atoms with Gasteiger partial charge < -0.3 is 19.7 Å². The number of benzene rings is 1. The molecule has 142 valence electrons. The first-order valence-electron chi connectivity index (χ1n) is 8.57. The summed E-state index contributed by atoms with van der Waals surface area (Å²) in [5.41, 5.74) is 0.716. The predicted molar refractivity (Wildman–Crippen MR) is 96.5 cm³/mol. The van der Waals surface area contributed by atoms with Crippen LogP contribution in [0.1, 0.15) is 45.7 Å². The van der Waals surface area contributed by atoms with E-state index in [2.05, 4.69) is 5.32 Å². The Hall–Kier alpha value is -2.57. The third kappa shape index (κ3) is 4.74. The zero-order valence-electron chi connectivity index (χ0n) is 15.9. The molecule has 1 heterocycles. The second-order valence-electron chi connectivity index (χ2n) is 7.34. The van der Waals surface area contributed by atoms with Gasteiger partial charge in [0.05, 0.1) is 19.1 Å². The summed E-state index contributed by atoms with van der Waals surface area (Å²) in [5.74, 6) is -1.05. The second kappa shape index (κ2) is 7.76. The number of nitrogens with zero attached hydrogens (tertiary/aromatic N) is 1. The molecule has 0 aliphatic carbocycles. The number of anilines is 1. The molecule has 1 fully saturated rings. The summed E-state index contributed by atoms with van der Waals surface area (Å²) < 4.78 is 10.4. The highest BCUT2D eigenvalue weighted by Crippen LogP contribution is 2.39. The van der Waals surface area contributed by atoms with Gasteiger partial charge in [0.15, 0.2) is 0 Å². The van der Waals surface area contributed by atoms with Gasteiger partial charge in [0.25, 0.3) is 0 Å². The van der Waals surface area contributed by atoms with Crippen LogP contribution in [0.3, 0.4) is 0 Å². The summed E-state index contributed by atoms with van der Waals surface area (Å²) in [6, 6.07) is 6.62. The van der Waals surface area contributed by atoms with E-state index in [1.807, 2.05) is 6.07 Å². The van der Waals surface area contributed by atoms with Crippen molar-refractivity contribution in [1.29, 1.82) is 0 Å². The maximum absolute atomic E-state index is 12.6. The van der Waals surface area contributed by atoms with Crippen LogP contribution in [0.15, 0.2) is 24.3 Å². The van der Waals surface area contributed by atoms with Crippen molar-refractivity contribution in [2.45, 2.75) is 45.8 Å². The van der Waals surface area contributed by atoms with Crippen LogP contribution in [-0.2, 0) is 19.1 Å². The molecule has 0 bridgehead atoms. The Kier molecular flexibility index (Phi) is 5.90. The van der Waals surface area contributed by atoms with Crippen molar-refractivity contribution >= 4 is 23.7 Å². The average molecular weight is 362 g/mol. The zero-order chi connectivity index (χ0) is 19.5. The molecule has 0 unspecified atom stereocenters. The molecule has 0 saturated carbocycles. The summed E-state index contributed by atoms with van der Waals surface area (Å²) in [5, 5.41) is 2.72. The molecular formula is C19H26N2O5. The molecule has 0 aromatic heterocycles. The molecule has 7 nitrogen and oxygen atoms in total. The van der Waals surface area contributed by atoms with Crippen LogP contribution in [0.2, 0.25) is 0 Å². The van der Waals surface area contributed by atoms with Gasteiger partial charge in [-0.25, -0.2) is 4.79 Å². The summed E-state index contributed by atoms with van der Waals surface area (Å²) in [4.78, 5) is 37.8. The fourth-order valence-corrected chi connectivity index (χ4v) is 3.13. The molecule has 1 N–H and O–H groups in total. The number of esters is 1. The molecule has 1 aromatic rings. The quantitative estimate of drug-likeness (QED) is 0.835. The Morgan fingerprint density at radius 2 is 1.92 bits per heavy atom. The van der Waals surface area contributed by atoms with E-state index in [0.29, 0.717) is 18.7 Å². The van der Waals surface area contributed by atoms with Crippen LogP contribution in [0.4, 0.5) is 10.5 Å². The lowest BCUT2D eigenvalue weighted by molar-refractivity contribution is -0.146. The fourth-order valence-electron chi connectivity index (χ4n) is 3.13. The third-order valence-corrected chi connectivity index (χ3v) is 4.08. The van der Waals surface area contributed by atoms with E-state index >= 15 is 0 Å². The van der Waals surface area contributed by atoms with E-state index in [1.165, 1.54) is 14.0 Å². The van der Waals surface area contributed by atoms with Crippen molar-refractivity contribution in [1.82, 2.24) is 4.90 Å². The highest BCUT2D eigenvalue weighted by Gasteiger charge is 2.44. The highest BCUT2D eigenvalue weighted by atomic mass is 16.6. The van der Waals surface area contributed by atoms with Gasteiger partial charge in [0, 0.05) is 19.2 Å². The maximum Gasteiger partial charge on any atom is 0.410 e. The van der Waals surface area contributed by atoms with Gasteiger partial charge in [-0.05, 0) is 44.9 Å². The monoisotopic (exact) mass is 362 g/mol. The van der Waals surface area contributed by atoms with Crippen LogP contribution >= 0.6 is 0 Å². The van der Waals surface area contributed by atoms with Crippen LogP contribution in [0, 0.1) is 5.92 Å². The van der Waals surface area contributed by atoms with Crippen LogP contribution in [0.5, 0.6) is 0 Å². The van der Waals surface area contributed by atoms with Crippen molar-refractivity contribution in [3.05, 3.63) is 29.8 Å². The van der Waals surface area contributed by atoms with Crippen molar-refractivity contribution in [3.8, 4) is 0 Å². The number of carbonyl (C=O) groups is 3. The Bertz CT molecular complexity index is 695. The molecule has 1 aliphatic rings. The summed E-state index contributed by atoms with van der Waals surface area (Å²) in [7, 11) is 1.34. The van der Waals surface area contributed by atoms with Gasteiger partial charge in [0.2, 0.25) is 5.91 Å². The van der Waals surface area contributed by atoms with Gasteiger partial charge >= 0.3 is 12.1 Å². The van der Waals surface area contributed by atoms with Gasteiger partial charge in [0.1, 0.15) is 5.60 Å². The van der Waals surface area contributed by atoms with Gasteiger partial charge in [-0.3, -0.25) is 9.59 Å². The van der Waals surface area contributed by atoms with Crippen LogP contribution < -0.4 is 5.32 Å². The zero-order valence-corrected chi connectivity index (χ0v) is 15.9. The topological polar surface area (TPSA) is 84.9 Å². The smallest absolute Gasteiger partial charge is 0.410 e. The van der Waals surface area contributed by atoms with Gasteiger partial charge in [-0.1, -0.05) is 12.1 Å². The number of hydrogen-bond donors (Lipinski definition) is 1. The minimum absolute atomic E-state index is 0.193. The van der Waals surface area contributed by atoms with E-state index in [9.17, 15) is 14.4 Å². The molecule has 1 aromatic carbocycles. The molecule has 2 atom stereocenters. The number of hydrogen-bond acceptors (Lipinski definition) is 5. The maximum atomic E-state index is 12.6. The van der Waals surface area contributed by atoms with Gasteiger partial charge in [-0.15, -0.1) is 0 Å². The molecule has 2 amide bonds. The molecule has 2 rings (SSSR count). The summed E-state index contributed by atoms with van der Waals surface area (Å²) >= 11 is 0. The van der Waals surface area contributed by atoms with Crippen molar-refractivity contribution in [3.63, 3.8) is 0 Å². The first-order chi connectivity index (χ1) is 12.1. The van der Waals surface area contributed by atoms with Crippen LogP contribution in [-0.4, -0.2) is 42.1 Å². The Morgan fingerprint density at radius 1 is 1.23 bits per heavy atom. The van der Waals surface area contributed by atoms with E-state index in [0.717, 1.165) is 5.56 Å². The second-order valence-corrected chi connectivity index (χ2v) is 7.34. The number of ether oxygens (including phenoxy) is 2. The number of likely N-dealkylation sites (tertiary alicyclic amines) is 1. The first-order valence-corrected chi connectivity index (χ1v) is 8.57. The Morgan fingerprint density at radius 3 is 2.50 bits per heavy atom. The number of amides is 2. The normalized spacial score (nSPS) is 19.8. The Balaban J connectivity index is 2.37. The van der Waals surface area contributed by atoms with E-state index in [1.54, 1.807) is 43.9 Å². The van der Waals surface area contributed by atoms with E-state index < -0.39 is 23.7 Å². The van der Waals surface area contributed by atoms with Gasteiger partial charge in [-0.2, -0.15) is 0 Å². The minimum Gasteiger partial charge on any atom is -0.469 e. The largest absolute Gasteiger partial charge is 0.469 e. The van der Waals surface area contributed by atoms with Crippen molar-refractivity contribution in [2.75, 3.05) is 19.0 Å². The summed E-state index contributed by atoms with van der Waals surface area (Å²) in [6.07, 6.45) is 0.0137. The minimum atomic E-state index is -0.636. The number of nitrogens with one attached hydrogen (secondary N) is 1. The molecule has 0 radical (unpaired) electrons. The lowest BCUT2D eigenvalue weighted by Crippen LogP contribution is -2.38. The van der Waals surface area contributed by atoms with Crippen molar-refractivity contribution < 1.29 is 23.9 Å². The van der Waals surface area contributed by atoms with Crippen LogP contribution in [0.25, 0.3) is 0 Å². The number of methoxy groups -OCH3 is 1. The fraction of sp³-hybridized carbons (Fsp3) is 0.526. The lowest BCUT2D eigenvalue weighted by atomic mass is 9.93. The molecule has 0 spiro atoms. The van der Waals surface area contributed by atoms with E-state index in [4.69, 9.17) is 9.47 Å². The molecular weight excluding hydrogens is 336 g/mol. The molecule has 1 aliphatic heterocycles. The molecule has 7 heteroatoms. The third-order valence-electron chi connectivity index (χ3n) is 4.08. The van der Waals surface area contributed by atoms with Crippen molar-refractivity contribution in [2.24, 2.45) is 5.92 Å². The standard InChI is InChI=1S/C19H26N2O5/c1-12(22)20-14-8-6-7-13(11-14)16-15(17(23)25-5)9-10-21(16)18(24)26-19(2,3)4/h6-8,11,15-16H,9-10H2,1-5H3,(H,20,22)/t15-,16-/m0/s1. The average Bonchev–Trinajstić information content (AvgIpc) is 2.97.